The van der Waals surface area contributed by atoms with E-state index in [0.29, 0.717) is 19.0 Å². The zero-order valence-corrected chi connectivity index (χ0v) is 9.48. The van der Waals surface area contributed by atoms with Gasteiger partial charge >= 0.3 is 12.0 Å². The first-order valence-corrected chi connectivity index (χ1v) is 5.83. The number of nitrogens with zero attached hydrogens (tertiary/aromatic N) is 1. The second kappa shape index (κ2) is 4.31. The number of aliphatic carboxylic acids is 1. The van der Waals surface area contributed by atoms with Gasteiger partial charge < -0.3 is 15.3 Å². The van der Waals surface area contributed by atoms with E-state index in [2.05, 4.69) is 5.32 Å². The fourth-order valence-electron chi connectivity index (χ4n) is 2.12. The number of likely N-dealkylation sites (tertiary alicyclic amines) is 1. The molecule has 0 aromatic heterocycles. The number of rotatable bonds is 3. The summed E-state index contributed by atoms with van der Waals surface area (Å²) in [4.78, 5) is 24.2. The number of hydrogen-bond donors (Lipinski definition) is 2. The normalized spacial score (nSPS) is 29.2. The maximum Gasteiger partial charge on any atom is 0.317 e. The highest BCUT2D eigenvalue weighted by molar-refractivity contribution is 5.77. The SMILES string of the molecule is C[C@@H]1CN(C(=O)NCC2CC2)C[C@H]1C(=O)O. The van der Waals surface area contributed by atoms with Crippen molar-refractivity contribution in [2.45, 2.75) is 19.8 Å². The number of nitrogens with one attached hydrogen (secondary N) is 1. The van der Waals surface area contributed by atoms with Crippen LogP contribution in [0.3, 0.4) is 0 Å². The van der Waals surface area contributed by atoms with Crippen molar-refractivity contribution in [1.29, 1.82) is 0 Å². The molecule has 0 radical (unpaired) electrons. The summed E-state index contributed by atoms with van der Waals surface area (Å²) >= 11 is 0. The van der Waals surface area contributed by atoms with E-state index in [1.807, 2.05) is 6.92 Å². The fourth-order valence-corrected chi connectivity index (χ4v) is 2.12. The predicted molar refractivity (Wildman–Crippen MR) is 58.0 cm³/mol. The van der Waals surface area contributed by atoms with Gasteiger partial charge in [0.25, 0.3) is 0 Å². The Morgan fingerprint density at radius 2 is 2.06 bits per heavy atom. The quantitative estimate of drug-likeness (QED) is 0.746. The minimum Gasteiger partial charge on any atom is -0.481 e. The Hall–Kier alpha value is -1.26. The van der Waals surface area contributed by atoms with Crippen molar-refractivity contribution in [2.24, 2.45) is 17.8 Å². The van der Waals surface area contributed by atoms with Gasteiger partial charge in [-0.25, -0.2) is 4.79 Å². The van der Waals surface area contributed by atoms with E-state index < -0.39 is 11.9 Å². The molecule has 0 aromatic carbocycles. The van der Waals surface area contributed by atoms with Crippen LogP contribution in [0.25, 0.3) is 0 Å². The molecule has 5 nitrogen and oxygen atoms in total. The summed E-state index contributed by atoms with van der Waals surface area (Å²) in [5.74, 6) is -0.514. The molecule has 5 heteroatoms. The van der Waals surface area contributed by atoms with Crippen LogP contribution >= 0.6 is 0 Å². The topological polar surface area (TPSA) is 69.6 Å². The highest BCUT2D eigenvalue weighted by atomic mass is 16.4. The number of amides is 2. The fraction of sp³-hybridized carbons (Fsp3) is 0.818. The molecule has 1 saturated carbocycles. The molecule has 2 rings (SSSR count). The second-order valence-electron chi connectivity index (χ2n) is 4.96. The minimum absolute atomic E-state index is 0.0455. The molecular weight excluding hydrogens is 208 g/mol. The van der Waals surface area contributed by atoms with Gasteiger partial charge in [-0.2, -0.15) is 0 Å². The Balaban J connectivity index is 1.81. The highest BCUT2D eigenvalue weighted by Crippen LogP contribution is 2.28. The van der Waals surface area contributed by atoms with E-state index in [0.717, 1.165) is 6.54 Å². The molecule has 2 amide bonds. The first-order valence-electron chi connectivity index (χ1n) is 5.83. The van der Waals surface area contributed by atoms with Crippen molar-refractivity contribution in [2.75, 3.05) is 19.6 Å². The molecule has 2 N–H and O–H groups in total. The molecule has 2 fully saturated rings. The lowest BCUT2D eigenvalue weighted by Crippen LogP contribution is -2.39. The molecule has 0 unspecified atom stereocenters. The molecule has 1 saturated heterocycles. The van der Waals surface area contributed by atoms with Crippen molar-refractivity contribution in [3.8, 4) is 0 Å². The first-order chi connectivity index (χ1) is 7.58. The predicted octanol–water partition coefficient (Wildman–Crippen LogP) is 0.758. The van der Waals surface area contributed by atoms with Crippen molar-refractivity contribution in [1.82, 2.24) is 10.2 Å². The van der Waals surface area contributed by atoms with Crippen LogP contribution in [0.1, 0.15) is 19.8 Å². The Bertz CT molecular complexity index is 302. The molecule has 2 atom stereocenters. The number of carbonyl (C=O) groups is 2. The van der Waals surface area contributed by atoms with Crippen LogP contribution < -0.4 is 5.32 Å². The van der Waals surface area contributed by atoms with E-state index in [9.17, 15) is 9.59 Å². The van der Waals surface area contributed by atoms with E-state index in [1.54, 1.807) is 4.90 Å². The summed E-state index contributed by atoms with van der Waals surface area (Å²) in [5.41, 5.74) is 0. The molecule has 1 aliphatic carbocycles. The maximum atomic E-state index is 11.7. The van der Waals surface area contributed by atoms with Crippen LogP contribution in [-0.2, 0) is 4.79 Å². The zero-order valence-electron chi connectivity index (χ0n) is 9.48. The Morgan fingerprint density at radius 3 is 2.56 bits per heavy atom. The van der Waals surface area contributed by atoms with Crippen LogP contribution in [0.4, 0.5) is 4.79 Å². The van der Waals surface area contributed by atoms with E-state index in [-0.39, 0.29) is 11.9 Å². The van der Waals surface area contributed by atoms with Gasteiger partial charge in [-0.3, -0.25) is 4.79 Å². The Kier molecular flexibility index (Phi) is 3.03. The number of hydrogen-bond acceptors (Lipinski definition) is 2. The summed E-state index contributed by atoms with van der Waals surface area (Å²) in [5, 5.41) is 11.8. The van der Waals surface area contributed by atoms with Crippen LogP contribution in [0.5, 0.6) is 0 Å². The van der Waals surface area contributed by atoms with Crippen molar-refractivity contribution >= 4 is 12.0 Å². The lowest BCUT2D eigenvalue weighted by Gasteiger charge is -2.16. The Labute approximate surface area is 94.8 Å². The van der Waals surface area contributed by atoms with Crippen molar-refractivity contribution in [3.63, 3.8) is 0 Å². The van der Waals surface area contributed by atoms with Gasteiger partial charge in [0, 0.05) is 19.6 Å². The van der Waals surface area contributed by atoms with E-state index in [1.165, 1.54) is 12.8 Å². The van der Waals surface area contributed by atoms with Crippen molar-refractivity contribution < 1.29 is 14.7 Å². The van der Waals surface area contributed by atoms with Crippen molar-refractivity contribution in [3.05, 3.63) is 0 Å². The molecular formula is C11H18N2O3. The summed E-state index contributed by atoms with van der Waals surface area (Å²) in [7, 11) is 0. The average Bonchev–Trinajstić information content (AvgIpc) is 2.96. The van der Waals surface area contributed by atoms with Gasteiger partial charge in [0.05, 0.1) is 5.92 Å². The maximum absolute atomic E-state index is 11.7. The Morgan fingerprint density at radius 1 is 1.38 bits per heavy atom. The first kappa shape index (κ1) is 11.2. The summed E-state index contributed by atoms with van der Waals surface area (Å²) < 4.78 is 0. The van der Waals surface area contributed by atoms with Crippen LogP contribution in [0.15, 0.2) is 0 Å². The van der Waals surface area contributed by atoms with Gasteiger partial charge in [-0.05, 0) is 24.7 Å². The van der Waals surface area contributed by atoms with Crippen LogP contribution in [0, 0.1) is 17.8 Å². The van der Waals surface area contributed by atoms with Gasteiger partial charge in [0.1, 0.15) is 0 Å². The summed E-state index contributed by atoms with van der Waals surface area (Å²) in [6, 6.07) is -0.109. The molecule has 1 heterocycles. The third-order valence-corrected chi connectivity index (χ3v) is 3.46. The zero-order chi connectivity index (χ0) is 11.7. The van der Waals surface area contributed by atoms with Gasteiger partial charge in [0.15, 0.2) is 0 Å². The smallest absolute Gasteiger partial charge is 0.317 e. The minimum atomic E-state index is -0.801. The number of carboxylic acid groups (broad SMARTS) is 1. The molecule has 0 aromatic rings. The molecule has 2 aliphatic rings. The largest absolute Gasteiger partial charge is 0.481 e. The lowest BCUT2D eigenvalue weighted by molar-refractivity contribution is -0.142. The summed E-state index contributed by atoms with van der Waals surface area (Å²) in [6.45, 7) is 3.51. The van der Waals surface area contributed by atoms with Crippen LogP contribution in [0.2, 0.25) is 0 Å². The monoisotopic (exact) mass is 226 g/mol. The van der Waals surface area contributed by atoms with Crippen LogP contribution in [-0.4, -0.2) is 41.6 Å². The average molecular weight is 226 g/mol. The van der Waals surface area contributed by atoms with E-state index >= 15 is 0 Å². The third kappa shape index (κ3) is 2.46. The lowest BCUT2D eigenvalue weighted by atomic mass is 9.99. The molecule has 0 spiro atoms. The molecule has 90 valence electrons. The third-order valence-electron chi connectivity index (χ3n) is 3.46. The molecule has 16 heavy (non-hydrogen) atoms. The van der Waals surface area contributed by atoms with Gasteiger partial charge in [-0.1, -0.05) is 6.92 Å². The number of carboxylic acids is 1. The second-order valence-corrected chi connectivity index (χ2v) is 4.96. The summed E-state index contributed by atoms with van der Waals surface area (Å²) in [6.07, 6.45) is 2.41. The number of urea groups is 1. The van der Waals surface area contributed by atoms with Gasteiger partial charge in [0.2, 0.25) is 0 Å². The molecule has 1 aliphatic heterocycles. The number of carbonyl (C=O) groups excluding carboxylic acids is 1. The molecule has 0 bridgehead atoms. The van der Waals surface area contributed by atoms with Gasteiger partial charge in [-0.15, -0.1) is 0 Å². The standard InChI is InChI=1S/C11H18N2O3/c1-7-5-13(6-9(7)10(14)15)11(16)12-4-8-2-3-8/h7-9H,2-6H2,1H3,(H,12,16)(H,14,15)/t7-,9-/m1/s1. The van der Waals surface area contributed by atoms with E-state index in [4.69, 9.17) is 5.11 Å². The highest BCUT2D eigenvalue weighted by Gasteiger charge is 2.37.